The average molecular weight is 556 g/mol. The van der Waals surface area contributed by atoms with Gasteiger partial charge in [0.25, 0.3) is 0 Å². The van der Waals surface area contributed by atoms with Crippen molar-refractivity contribution in [2.24, 2.45) is 0 Å². The normalized spacial score (nSPS) is 16.7. The van der Waals surface area contributed by atoms with Crippen LogP contribution in [0.15, 0.2) is 58.9 Å². The number of carbonyl (C=O) groups is 2. The molecule has 2 aliphatic rings. The summed E-state index contributed by atoms with van der Waals surface area (Å²) in [5, 5.41) is 14.9. The Bertz CT molecular complexity index is 1290. The second-order valence-corrected chi connectivity index (χ2v) is 10.0. The highest BCUT2D eigenvalue weighted by Gasteiger charge is 2.38. The molecule has 0 saturated carbocycles. The Morgan fingerprint density at radius 1 is 0.974 bits per heavy atom. The Hall–Kier alpha value is -3.69. The number of allylic oxidation sites excluding steroid dienone is 2. The van der Waals surface area contributed by atoms with Crippen LogP contribution in [0, 0.1) is 0 Å². The van der Waals surface area contributed by atoms with Crippen molar-refractivity contribution in [2.75, 3.05) is 52.4 Å². The van der Waals surface area contributed by atoms with E-state index in [1.54, 1.807) is 19.9 Å². The van der Waals surface area contributed by atoms with Crippen molar-refractivity contribution in [3.63, 3.8) is 0 Å². The molecule has 10 heteroatoms. The lowest BCUT2D eigenvalue weighted by Gasteiger charge is -2.36. The molecule has 208 valence electrons. The number of halogens is 1. The molecule has 2 aromatic rings. The van der Waals surface area contributed by atoms with Crippen molar-refractivity contribution in [1.29, 1.82) is 0 Å². The highest BCUT2D eigenvalue weighted by Crippen LogP contribution is 2.43. The fourth-order valence-corrected chi connectivity index (χ4v) is 5.48. The molecule has 0 atom stereocenters. The Morgan fingerprint density at radius 2 is 1.59 bits per heavy atom. The number of anilines is 1. The van der Waals surface area contributed by atoms with E-state index in [-0.39, 0.29) is 22.6 Å². The van der Waals surface area contributed by atoms with Gasteiger partial charge in [0.05, 0.1) is 38.4 Å². The van der Waals surface area contributed by atoms with Crippen molar-refractivity contribution < 1.29 is 28.9 Å². The summed E-state index contributed by atoms with van der Waals surface area (Å²) in [4.78, 5) is 30.4. The smallest absolute Gasteiger partial charge is 0.336 e. The molecule has 2 aliphatic heterocycles. The molecule has 0 aromatic heterocycles. The molecule has 1 saturated heterocycles. The number of dihydropyridines is 1. The lowest BCUT2D eigenvalue weighted by molar-refractivity contribution is -0.137. The predicted molar refractivity (Wildman–Crippen MR) is 149 cm³/mol. The van der Waals surface area contributed by atoms with E-state index in [2.05, 4.69) is 15.1 Å². The number of rotatable bonds is 7. The van der Waals surface area contributed by atoms with Crippen LogP contribution >= 0.6 is 11.6 Å². The fourth-order valence-electron chi connectivity index (χ4n) is 5.30. The minimum Gasteiger partial charge on any atom is -0.504 e. The Labute approximate surface area is 233 Å². The zero-order chi connectivity index (χ0) is 28.3. The van der Waals surface area contributed by atoms with Gasteiger partial charge in [-0.15, -0.1) is 0 Å². The Kier molecular flexibility index (Phi) is 8.72. The van der Waals surface area contributed by atoms with E-state index in [0.717, 1.165) is 31.9 Å². The third-order valence-corrected chi connectivity index (χ3v) is 7.48. The van der Waals surface area contributed by atoms with Crippen LogP contribution in [0.5, 0.6) is 11.5 Å². The summed E-state index contributed by atoms with van der Waals surface area (Å²) in [5.41, 5.74) is 4.04. The largest absolute Gasteiger partial charge is 0.504 e. The van der Waals surface area contributed by atoms with Gasteiger partial charge < -0.3 is 29.5 Å². The van der Waals surface area contributed by atoms with Crippen LogP contribution in [0.3, 0.4) is 0 Å². The number of benzene rings is 2. The molecule has 39 heavy (non-hydrogen) atoms. The lowest BCUT2D eigenvalue weighted by Crippen LogP contribution is -2.46. The van der Waals surface area contributed by atoms with Crippen molar-refractivity contribution in [3.8, 4) is 11.5 Å². The molecule has 2 N–H and O–H groups in total. The van der Waals surface area contributed by atoms with Crippen molar-refractivity contribution in [1.82, 2.24) is 10.2 Å². The standard InChI is InChI=1S/C29H34ClN3O6/c1-17-24(28(35)38-4)26(25(18(2)31-17)29(36)39-5)19-13-20(27(34)23(14-19)37-3)16-32-9-11-33(12-10-32)22-8-6-7-21(30)15-22/h6-8,13-15,26,31,34H,9-12,16H2,1-5H3. The highest BCUT2D eigenvalue weighted by molar-refractivity contribution is 6.30. The number of phenols is 1. The van der Waals surface area contributed by atoms with Gasteiger partial charge in [0.1, 0.15) is 0 Å². The van der Waals surface area contributed by atoms with E-state index in [4.69, 9.17) is 25.8 Å². The van der Waals surface area contributed by atoms with Gasteiger partial charge in [0.15, 0.2) is 11.5 Å². The third kappa shape index (κ3) is 5.84. The van der Waals surface area contributed by atoms with Crippen LogP contribution in [0.1, 0.15) is 30.9 Å². The Balaban J connectivity index is 1.68. The summed E-state index contributed by atoms with van der Waals surface area (Å²) in [6.45, 7) is 7.11. The molecule has 0 spiro atoms. The first-order valence-corrected chi connectivity index (χ1v) is 13.0. The molecule has 0 aliphatic carbocycles. The van der Waals surface area contributed by atoms with Crippen LogP contribution in [-0.4, -0.2) is 69.5 Å². The molecule has 2 heterocycles. The number of nitrogens with zero attached hydrogens (tertiary/aromatic N) is 2. The maximum absolute atomic E-state index is 12.9. The van der Waals surface area contributed by atoms with Gasteiger partial charge in [-0.3, -0.25) is 4.90 Å². The van der Waals surface area contributed by atoms with Gasteiger partial charge in [-0.2, -0.15) is 0 Å². The van der Waals surface area contributed by atoms with Gasteiger partial charge >= 0.3 is 11.9 Å². The maximum atomic E-state index is 12.9. The second-order valence-electron chi connectivity index (χ2n) is 9.59. The molecule has 4 rings (SSSR count). The first kappa shape index (κ1) is 28.3. The zero-order valence-electron chi connectivity index (χ0n) is 22.8. The number of carbonyl (C=O) groups excluding carboxylic acids is 2. The molecular formula is C29H34ClN3O6. The van der Waals surface area contributed by atoms with Crippen LogP contribution in [0.25, 0.3) is 0 Å². The molecule has 0 unspecified atom stereocenters. The quantitative estimate of drug-likeness (QED) is 0.492. The van der Waals surface area contributed by atoms with Crippen LogP contribution in [0.4, 0.5) is 5.69 Å². The maximum Gasteiger partial charge on any atom is 0.336 e. The summed E-state index contributed by atoms with van der Waals surface area (Å²) in [6.07, 6.45) is 0. The van der Waals surface area contributed by atoms with Gasteiger partial charge in [-0.05, 0) is 49.7 Å². The summed E-state index contributed by atoms with van der Waals surface area (Å²) < 4.78 is 15.7. The number of ether oxygens (including phenoxy) is 3. The van der Waals surface area contributed by atoms with Crippen molar-refractivity contribution >= 4 is 29.2 Å². The summed E-state index contributed by atoms with van der Waals surface area (Å²) in [6, 6.07) is 11.3. The van der Waals surface area contributed by atoms with E-state index in [9.17, 15) is 14.7 Å². The van der Waals surface area contributed by atoms with Crippen LogP contribution < -0.4 is 15.0 Å². The predicted octanol–water partition coefficient (Wildman–Crippen LogP) is 3.96. The van der Waals surface area contributed by atoms with E-state index in [0.29, 0.717) is 34.1 Å². The fraction of sp³-hybridized carbons (Fsp3) is 0.379. The molecule has 0 bridgehead atoms. The van der Waals surface area contributed by atoms with E-state index < -0.39 is 17.9 Å². The summed E-state index contributed by atoms with van der Waals surface area (Å²) in [7, 11) is 4.07. The number of hydrogen-bond donors (Lipinski definition) is 2. The molecule has 0 radical (unpaired) electrons. The van der Waals surface area contributed by atoms with Crippen molar-refractivity contribution in [2.45, 2.75) is 26.3 Å². The van der Waals surface area contributed by atoms with Crippen molar-refractivity contribution in [3.05, 3.63) is 75.1 Å². The van der Waals surface area contributed by atoms with Gasteiger partial charge in [0, 0.05) is 60.4 Å². The number of aromatic hydroxyl groups is 1. The Morgan fingerprint density at radius 3 is 2.13 bits per heavy atom. The number of phenolic OH excluding ortho intramolecular Hbond substituents is 1. The second kappa shape index (κ2) is 12.0. The monoisotopic (exact) mass is 555 g/mol. The number of nitrogens with one attached hydrogen (secondary N) is 1. The third-order valence-electron chi connectivity index (χ3n) is 7.24. The average Bonchev–Trinajstić information content (AvgIpc) is 2.93. The van der Waals surface area contributed by atoms with Crippen LogP contribution in [-0.2, 0) is 25.6 Å². The van der Waals surface area contributed by atoms with Gasteiger partial charge in [0.2, 0.25) is 0 Å². The molecular weight excluding hydrogens is 522 g/mol. The summed E-state index contributed by atoms with van der Waals surface area (Å²) >= 11 is 6.18. The number of piperazine rings is 1. The minimum atomic E-state index is -0.779. The molecule has 1 fully saturated rings. The number of methoxy groups -OCH3 is 3. The summed E-state index contributed by atoms with van der Waals surface area (Å²) in [5.74, 6) is -1.64. The van der Waals surface area contributed by atoms with E-state index in [1.807, 2.05) is 30.3 Å². The first-order valence-electron chi connectivity index (χ1n) is 12.7. The van der Waals surface area contributed by atoms with Gasteiger partial charge in [-0.1, -0.05) is 17.7 Å². The van der Waals surface area contributed by atoms with E-state index in [1.165, 1.54) is 21.3 Å². The molecule has 2 aromatic carbocycles. The number of esters is 2. The lowest BCUT2D eigenvalue weighted by atomic mass is 9.79. The van der Waals surface area contributed by atoms with Crippen LogP contribution in [0.2, 0.25) is 5.02 Å². The van der Waals surface area contributed by atoms with E-state index >= 15 is 0 Å². The topological polar surface area (TPSA) is 101 Å². The minimum absolute atomic E-state index is 0.0214. The molecule has 9 nitrogen and oxygen atoms in total. The first-order chi connectivity index (χ1) is 18.7. The molecule has 0 amide bonds. The number of hydrogen-bond acceptors (Lipinski definition) is 9. The zero-order valence-corrected chi connectivity index (χ0v) is 23.6. The highest BCUT2D eigenvalue weighted by atomic mass is 35.5. The van der Waals surface area contributed by atoms with Gasteiger partial charge in [-0.25, -0.2) is 9.59 Å². The SMILES string of the molecule is COC(=O)C1=C(C)NC(C)=C(C(=O)OC)C1c1cc(CN2CCN(c3cccc(Cl)c3)CC2)c(O)c(OC)c1.